The number of aliphatic hydroxyl groups is 1. The van der Waals surface area contributed by atoms with Gasteiger partial charge in [-0.3, -0.25) is 0 Å². The minimum Gasteiger partial charge on any atom is -0.393 e. The summed E-state index contributed by atoms with van der Waals surface area (Å²) in [5.74, 6) is 0.535. The monoisotopic (exact) mass is 218 g/mol. The minimum absolute atomic E-state index is 0.0834. The summed E-state index contributed by atoms with van der Waals surface area (Å²) in [7, 11) is 0. The zero-order chi connectivity index (χ0) is 11.9. The average molecular weight is 218 g/mol. The molecular weight excluding hydrogens is 196 g/mol. The molecule has 0 radical (unpaired) electrons. The number of hydrogen-bond donors (Lipinski definition) is 1. The molecule has 0 saturated heterocycles. The Morgan fingerprint density at radius 1 is 1.38 bits per heavy atom. The third-order valence-corrected chi connectivity index (χ3v) is 4.58. The SMILES string of the molecule is CCC1(C)C(O)CC1c1ccc(C)cc1C. The van der Waals surface area contributed by atoms with Crippen LogP contribution >= 0.6 is 0 Å². The standard InChI is InChI=1S/C15H22O/c1-5-15(4)13(9-14(15)16)12-7-6-10(2)8-11(12)3/h6-8,13-14,16H,5,9H2,1-4H3. The molecule has 1 aromatic rings. The first-order chi connectivity index (χ1) is 7.49. The summed E-state index contributed by atoms with van der Waals surface area (Å²) in [6, 6.07) is 6.67. The highest BCUT2D eigenvalue weighted by atomic mass is 16.3. The predicted octanol–water partition coefficient (Wildman–Crippen LogP) is 3.57. The molecule has 0 aliphatic heterocycles. The molecule has 1 fully saturated rings. The fourth-order valence-electron chi connectivity index (χ4n) is 3.01. The highest BCUT2D eigenvalue weighted by Crippen LogP contribution is 2.55. The summed E-state index contributed by atoms with van der Waals surface area (Å²) in [6.07, 6.45) is 1.85. The molecule has 2 rings (SSSR count). The lowest BCUT2D eigenvalue weighted by molar-refractivity contribution is -0.0779. The van der Waals surface area contributed by atoms with Gasteiger partial charge in [-0.2, -0.15) is 0 Å². The summed E-state index contributed by atoms with van der Waals surface area (Å²) in [4.78, 5) is 0. The number of rotatable bonds is 2. The second-order valence-electron chi connectivity index (χ2n) is 5.52. The van der Waals surface area contributed by atoms with E-state index >= 15 is 0 Å². The summed E-state index contributed by atoms with van der Waals surface area (Å²) in [5.41, 5.74) is 4.20. The van der Waals surface area contributed by atoms with E-state index in [9.17, 15) is 5.11 Å². The quantitative estimate of drug-likeness (QED) is 0.804. The van der Waals surface area contributed by atoms with E-state index in [4.69, 9.17) is 0 Å². The van der Waals surface area contributed by atoms with Crippen molar-refractivity contribution in [3.05, 3.63) is 34.9 Å². The van der Waals surface area contributed by atoms with Crippen LogP contribution in [-0.2, 0) is 0 Å². The molecule has 1 aliphatic carbocycles. The molecule has 0 bridgehead atoms. The van der Waals surface area contributed by atoms with Crippen LogP contribution in [0.25, 0.3) is 0 Å². The second kappa shape index (κ2) is 3.89. The van der Waals surface area contributed by atoms with Crippen molar-refractivity contribution >= 4 is 0 Å². The van der Waals surface area contributed by atoms with E-state index in [0.29, 0.717) is 5.92 Å². The smallest absolute Gasteiger partial charge is 0.0605 e. The van der Waals surface area contributed by atoms with E-state index in [1.54, 1.807) is 0 Å². The van der Waals surface area contributed by atoms with Gasteiger partial charge in [-0.15, -0.1) is 0 Å². The normalized spacial score (nSPS) is 33.6. The molecule has 88 valence electrons. The maximum Gasteiger partial charge on any atom is 0.0605 e. The van der Waals surface area contributed by atoms with E-state index < -0.39 is 0 Å². The zero-order valence-corrected chi connectivity index (χ0v) is 10.7. The first kappa shape index (κ1) is 11.7. The second-order valence-corrected chi connectivity index (χ2v) is 5.52. The van der Waals surface area contributed by atoms with Gasteiger partial charge in [0, 0.05) is 5.41 Å². The molecule has 3 atom stereocenters. The largest absolute Gasteiger partial charge is 0.393 e. The molecule has 16 heavy (non-hydrogen) atoms. The molecule has 1 aliphatic rings. The maximum absolute atomic E-state index is 9.94. The van der Waals surface area contributed by atoms with Crippen LogP contribution in [-0.4, -0.2) is 11.2 Å². The Bertz CT molecular complexity index is 396. The van der Waals surface area contributed by atoms with Crippen LogP contribution in [0.15, 0.2) is 18.2 Å². The van der Waals surface area contributed by atoms with Crippen LogP contribution in [0.4, 0.5) is 0 Å². The van der Waals surface area contributed by atoms with Gasteiger partial charge < -0.3 is 5.11 Å². The molecule has 0 heterocycles. The van der Waals surface area contributed by atoms with Crippen LogP contribution in [0.2, 0.25) is 0 Å². The van der Waals surface area contributed by atoms with Gasteiger partial charge in [0.2, 0.25) is 0 Å². The minimum atomic E-state index is -0.122. The lowest BCUT2D eigenvalue weighted by atomic mass is 9.55. The lowest BCUT2D eigenvalue weighted by Gasteiger charge is -2.52. The van der Waals surface area contributed by atoms with Gasteiger partial charge in [0.15, 0.2) is 0 Å². The van der Waals surface area contributed by atoms with Gasteiger partial charge in [0.05, 0.1) is 6.10 Å². The van der Waals surface area contributed by atoms with Gasteiger partial charge >= 0.3 is 0 Å². The Balaban J connectivity index is 2.33. The molecule has 1 aromatic carbocycles. The van der Waals surface area contributed by atoms with Crippen molar-refractivity contribution in [2.24, 2.45) is 5.41 Å². The van der Waals surface area contributed by atoms with Crippen LogP contribution < -0.4 is 0 Å². The van der Waals surface area contributed by atoms with E-state index in [-0.39, 0.29) is 11.5 Å². The Hall–Kier alpha value is -0.820. The number of aliphatic hydroxyl groups excluding tert-OH is 1. The molecule has 0 aromatic heterocycles. The third kappa shape index (κ3) is 1.58. The first-order valence-corrected chi connectivity index (χ1v) is 6.24. The fourth-order valence-corrected chi connectivity index (χ4v) is 3.01. The van der Waals surface area contributed by atoms with Gasteiger partial charge in [0.1, 0.15) is 0 Å². The average Bonchev–Trinajstić information content (AvgIpc) is 2.26. The third-order valence-electron chi connectivity index (χ3n) is 4.58. The maximum atomic E-state index is 9.94. The summed E-state index contributed by atoms with van der Waals surface area (Å²) >= 11 is 0. The van der Waals surface area contributed by atoms with Gasteiger partial charge in [-0.05, 0) is 43.7 Å². The van der Waals surface area contributed by atoms with Crippen molar-refractivity contribution in [2.45, 2.75) is 52.6 Å². The van der Waals surface area contributed by atoms with Gasteiger partial charge in [0.25, 0.3) is 0 Å². The number of aryl methyl sites for hydroxylation is 2. The highest BCUT2D eigenvalue weighted by molar-refractivity contribution is 5.36. The summed E-state index contributed by atoms with van der Waals surface area (Å²) < 4.78 is 0. The Morgan fingerprint density at radius 2 is 2.06 bits per heavy atom. The first-order valence-electron chi connectivity index (χ1n) is 6.24. The molecule has 1 N–H and O–H groups in total. The summed E-state index contributed by atoms with van der Waals surface area (Å²) in [6.45, 7) is 8.71. The predicted molar refractivity (Wildman–Crippen MR) is 67.7 cm³/mol. The topological polar surface area (TPSA) is 20.2 Å². The van der Waals surface area contributed by atoms with Gasteiger partial charge in [-0.25, -0.2) is 0 Å². The van der Waals surface area contributed by atoms with E-state index in [2.05, 4.69) is 45.9 Å². The van der Waals surface area contributed by atoms with E-state index in [0.717, 1.165) is 12.8 Å². The molecule has 1 nitrogen and oxygen atoms in total. The number of hydrogen-bond acceptors (Lipinski definition) is 1. The van der Waals surface area contributed by atoms with Crippen molar-refractivity contribution < 1.29 is 5.11 Å². The van der Waals surface area contributed by atoms with Crippen molar-refractivity contribution in [2.75, 3.05) is 0 Å². The highest BCUT2D eigenvalue weighted by Gasteiger charge is 2.50. The zero-order valence-electron chi connectivity index (χ0n) is 10.7. The van der Waals surface area contributed by atoms with Crippen molar-refractivity contribution in [3.63, 3.8) is 0 Å². The van der Waals surface area contributed by atoms with Crippen LogP contribution in [0.5, 0.6) is 0 Å². The van der Waals surface area contributed by atoms with Crippen molar-refractivity contribution in [3.8, 4) is 0 Å². The van der Waals surface area contributed by atoms with Crippen molar-refractivity contribution in [1.29, 1.82) is 0 Å². The molecule has 1 heteroatoms. The molecule has 0 amide bonds. The fraction of sp³-hybridized carbons (Fsp3) is 0.600. The Labute approximate surface area is 98.5 Å². The molecular formula is C15H22O. The van der Waals surface area contributed by atoms with Gasteiger partial charge in [-0.1, -0.05) is 37.6 Å². The van der Waals surface area contributed by atoms with Crippen LogP contribution in [0.1, 0.15) is 49.3 Å². The number of benzene rings is 1. The molecule has 3 unspecified atom stereocenters. The molecule has 1 saturated carbocycles. The Morgan fingerprint density at radius 3 is 2.56 bits per heavy atom. The van der Waals surface area contributed by atoms with E-state index in [1.165, 1.54) is 16.7 Å². The van der Waals surface area contributed by atoms with Crippen molar-refractivity contribution in [1.82, 2.24) is 0 Å². The molecule has 0 spiro atoms. The summed E-state index contributed by atoms with van der Waals surface area (Å²) in [5, 5.41) is 9.94. The van der Waals surface area contributed by atoms with Crippen LogP contribution in [0, 0.1) is 19.3 Å². The van der Waals surface area contributed by atoms with E-state index in [1.807, 2.05) is 0 Å². The van der Waals surface area contributed by atoms with Crippen LogP contribution in [0.3, 0.4) is 0 Å². The lowest BCUT2D eigenvalue weighted by Crippen LogP contribution is -2.49. The Kier molecular flexibility index (Phi) is 2.83.